The molecular formula is C13H10ClFN2O3. The van der Waals surface area contributed by atoms with Crippen molar-refractivity contribution in [2.75, 3.05) is 4.90 Å². The summed E-state index contributed by atoms with van der Waals surface area (Å²) in [4.78, 5) is 36.8. The number of nitrogens with zero attached hydrogens (tertiary/aromatic N) is 1. The summed E-state index contributed by atoms with van der Waals surface area (Å²) < 4.78 is 13.9. The van der Waals surface area contributed by atoms with Crippen molar-refractivity contribution < 1.29 is 18.8 Å². The van der Waals surface area contributed by atoms with Gasteiger partial charge in [-0.15, -0.1) is 0 Å². The smallest absolute Gasteiger partial charge is 0.276 e. The zero-order chi connectivity index (χ0) is 14.5. The van der Waals surface area contributed by atoms with Crippen LogP contribution in [0.3, 0.4) is 0 Å². The van der Waals surface area contributed by atoms with Crippen LogP contribution in [0.1, 0.15) is 19.3 Å². The van der Waals surface area contributed by atoms with Crippen molar-refractivity contribution in [1.29, 1.82) is 0 Å². The SMILES string of the molecule is O=C1NC(=O)C2(CCC2)C(=O)N1c1cc(Cl)ccc1F. The fourth-order valence-electron chi connectivity index (χ4n) is 2.52. The Labute approximate surface area is 118 Å². The number of rotatable bonds is 1. The van der Waals surface area contributed by atoms with E-state index < -0.39 is 29.1 Å². The molecule has 1 aliphatic carbocycles. The highest BCUT2D eigenvalue weighted by atomic mass is 35.5. The van der Waals surface area contributed by atoms with E-state index in [0.29, 0.717) is 17.7 Å². The number of nitrogens with one attached hydrogen (secondary N) is 1. The molecule has 0 radical (unpaired) electrons. The Morgan fingerprint density at radius 2 is 1.95 bits per heavy atom. The first-order valence-corrected chi connectivity index (χ1v) is 6.48. The van der Waals surface area contributed by atoms with Gasteiger partial charge in [0.15, 0.2) is 0 Å². The summed E-state index contributed by atoms with van der Waals surface area (Å²) in [7, 11) is 0. The number of halogens is 2. The molecule has 4 amide bonds. The number of benzene rings is 1. The number of hydrogen-bond donors (Lipinski definition) is 1. The minimum absolute atomic E-state index is 0.196. The second kappa shape index (κ2) is 4.28. The van der Waals surface area contributed by atoms with Crippen LogP contribution in [0.5, 0.6) is 0 Å². The Kier molecular flexibility index (Phi) is 2.79. The first-order chi connectivity index (χ1) is 9.45. The van der Waals surface area contributed by atoms with Gasteiger partial charge in [-0.2, -0.15) is 0 Å². The number of carbonyl (C=O) groups is 3. The standard InChI is InChI=1S/C13H10ClFN2O3/c14-7-2-3-8(15)9(6-7)17-11(19)13(4-1-5-13)10(18)16-12(17)20/h2-3,6H,1,4-5H2,(H,16,18,20). The van der Waals surface area contributed by atoms with E-state index in [4.69, 9.17) is 11.6 Å². The van der Waals surface area contributed by atoms with E-state index in [0.717, 1.165) is 12.5 Å². The lowest BCUT2D eigenvalue weighted by Crippen LogP contribution is -2.66. The number of urea groups is 1. The molecule has 104 valence electrons. The number of hydrogen-bond acceptors (Lipinski definition) is 3. The van der Waals surface area contributed by atoms with Crippen LogP contribution < -0.4 is 10.2 Å². The van der Waals surface area contributed by atoms with Crippen molar-refractivity contribution >= 4 is 35.1 Å². The van der Waals surface area contributed by atoms with Crippen LogP contribution in [0.2, 0.25) is 5.02 Å². The van der Waals surface area contributed by atoms with Crippen LogP contribution in [0.4, 0.5) is 14.9 Å². The molecule has 3 rings (SSSR count). The van der Waals surface area contributed by atoms with Gasteiger partial charge in [0.1, 0.15) is 11.2 Å². The molecule has 5 nitrogen and oxygen atoms in total. The van der Waals surface area contributed by atoms with Gasteiger partial charge in [0.2, 0.25) is 5.91 Å². The summed E-state index contributed by atoms with van der Waals surface area (Å²) in [5, 5.41) is 2.31. The Bertz CT molecular complexity index is 643. The second-order valence-corrected chi connectivity index (χ2v) is 5.37. The van der Waals surface area contributed by atoms with Crippen molar-refractivity contribution in [2.45, 2.75) is 19.3 Å². The lowest BCUT2D eigenvalue weighted by molar-refractivity contribution is -0.148. The molecule has 0 aromatic heterocycles. The number of amides is 4. The maximum Gasteiger partial charge on any atom is 0.335 e. The monoisotopic (exact) mass is 296 g/mol. The largest absolute Gasteiger partial charge is 0.335 e. The third-order valence-electron chi connectivity index (χ3n) is 3.83. The van der Waals surface area contributed by atoms with E-state index in [2.05, 4.69) is 5.32 Å². The van der Waals surface area contributed by atoms with Crippen LogP contribution in [-0.2, 0) is 9.59 Å². The molecule has 1 aromatic carbocycles. The van der Waals surface area contributed by atoms with E-state index in [1.807, 2.05) is 0 Å². The topological polar surface area (TPSA) is 66.5 Å². The fourth-order valence-corrected chi connectivity index (χ4v) is 2.69. The quantitative estimate of drug-likeness (QED) is 0.808. The van der Waals surface area contributed by atoms with Crippen LogP contribution in [0.15, 0.2) is 18.2 Å². The van der Waals surface area contributed by atoms with Gasteiger partial charge in [-0.25, -0.2) is 14.1 Å². The summed E-state index contributed by atoms with van der Waals surface area (Å²) in [6, 6.07) is 2.63. The highest BCUT2D eigenvalue weighted by Gasteiger charge is 2.57. The van der Waals surface area contributed by atoms with Gasteiger partial charge in [0, 0.05) is 5.02 Å². The van der Waals surface area contributed by atoms with Gasteiger partial charge in [0.25, 0.3) is 5.91 Å². The fraction of sp³-hybridized carbons (Fsp3) is 0.308. The highest BCUT2D eigenvalue weighted by Crippen LogP contribution is 2.45. The molecule has 1 aliphatic heterocycles. The molecule has 20 heavy (non-hydrogen) atoms. The normalized spacial score (nSPS) is 20.9. The van der Waals surface area contributed by atoms with Crippen LogP contribution in [0.25, 0.3) is 0 Å². The van der Waals surface area contributed by atoms with E-state index in [9.17, 15) is 18.8 Å². The van der Waals surface area contributed by atoms with Crippen LogP contribution in [0, 0.1) is 11.2 Å². The summed E-state index contributed by atoms with van der Waals surface area (Å²) >= 11 is 5.78. The second-order valence-electron chi connectivity index (χ2n) is 4.93. The molecule has 2 fully saturated rings. The van der Waals surface area contributed by atoms with Crippen molar-refractivity contribution in [3.63, 3.8) is 0 Å². The predicted octanol–water partition coefficient (Wildman–Crippen LogP) is 2.23. The first kappa shape index (κ1) is 13.1. The molecule has 0 bridgehead atoms. The molecule has 1 heterocycles. The number of imide groups is 2. The zero-order valence-corrected chi connectivity index (χ0v) is 11.0. The van der Waals surface area contributed by atoms with Gasteiger partial charge in [-0.3, -0.25) is 14.9 Å². The van der Waals surface area contributed by atoms with Gasteiger partial charge >= 0.3 is 6.03 Å². The zero-order valence-electron chi connectivity index (χ0n) is 10.3. The third-order valence-corrected chi connectivity index (χ3v) is 4.06. The average molecular weight is 297 g/mol. The molecule has 1 spiro atoms. The Hall–Kier alpha value is -1.95. The maximum absolute atomic E-state index is 13.9. The summed E-state index contributed by atoms with van der Waals surface area (Å²) in [5.41, 5.74) is -1.47. The molecule has 1 saturated carbocycles. The summed E-state index contributed by atoms with van der Waals surface area (Å²) in [6.45, 7) is 0. The maximum atomic E-state index is 13.9. The third kappa shape index (κ3) is 1.64. The molecule has 1 aromatic rings. The number of carbonyl (C=O) groups excluding carboxylic acids is 3. The Balaban J connectivity index is 2.08. The molecule has 0 unspecified atom stereocenters. The molecule has 7 heteroatoms. The van der Waals surface area contributed by atoms with Crippen LogP contribution in [-0.4, -0.2) is 17.8 Å². The first-order valence-electron chi connectivity index (χ1n) is 6.11. The molecule has 2 aliphatic rings. The van der Waals surface area contributed by atoms with Gasteiger partial charge in [-0.1, -0.05) is 18.0 Å². The molecule has 1 saturated heterocycles. The van der Waals surface area contributed by atoms with Crippen molar-refractivity contribution in [1.82, 2.24) is 5.32 Å². The molecular weight excluding hydrogens is 287 g/mol. The van der Waals surface area contributed by atoms with E-state index in [1.165, 1.54) is 12.1 Å². The van der Waals surface area contributed by atoms with Gasteiger partial charge in [0.05, 0.1) is 5.69 Å². The van der Waals surface area contributed by atoms with Gasteiger partial charge < -0.3 is 0 Å². The van der Waals surface area contributed by atoms with Gasteiger partial charge in [-0.05, 0) is 31.0 Å². The van der Waals surface area contributed by atoms with Crippen molar-refractivity contribution in [3.05, 3.63) is 29.0 Å². The van der Waals surface area contributed by atoms with Crippen LogP contribution >= 0.6 is 11.6 Å². The van der Waals surface area contributed by atoms with Crippen molar-refractivity contribution in [3.8, 4) is 0 Å². The summed E-state index contributed by atoms with van der Waals surface area (Å²) in [6.07, 6.45) is 1.45. The predicted molar refractivity (Wildman–Crippen MR) is 68.7 cm³/mol. The lowest BCUT2D eigenvalue weighted by Gasteiger charge is -2.44. The Morgan fingerprint density at radius 1 is 1.25 bits per heavy atom. The lowest BCUT2D eigenvalue weighted by atomic mass is 9.66. The highest BCUT2D eigenvalue weighted by molar-refractivity contribution is 6.32. The number of anilines is 1. The molecule has 0 atom stereocenters. The molecule has 1 N–H and O–H groups in total. The Morgan fingerprint density at radius 3 is 2.55 bits per heavy atom. The average Bonchev–Trinajstić information content (AvgIpc) is 2.31. The van der Waals surface area contributed by atoms with E-state index in [-0.39, 0.29) is 10.7 Å². The van der Waals surface area contributed by atoms with Crippen molar-refractivity contribution in [2.24, 2.45) is 5.41 Å². The minimum Gasteiger partial charge on any atom is -0.276 e. The number of barbiturate groups is 1. The van der Waals surface area contributed by atoms with E-state index >= 15 is 0 Å². The van der Waals surface area contributed by atoms with E-state index in [1.54, 1.807) is 0 Å². The minimum atomic E-state index is -1.23. The summed E-state index contributed by atoms with van der Waals surface area (Å²) in [5.74, 6) is -2.03.